The number of alkyl halides is 1. The predicted octanol–water partition coefficient (Wildman–Crippen LogP) is 3.05. The third-order valence-corrected chi connectivity index (χ3v) is 2.40. The lowest BCUT2D eigenvalue weighted by molar-refractivity contribution is 0.0731. The second-order valence-corrected chi connectivity index (χ2v) is 3.36. The van der Waals surface area contributed by atoms with Gasteiger partial charge in [-0.1, -0.05) is 48.9 Å². The van der Waals surface area contributed by atoms with E-state index < -0.39 is 11.7 Å². The highest BCUT2D eigenvalue weighted by Crippen LogP contribution is 2.23. The summed E-state index contributed by atoms with van der Waals surface area (Å²) in [6.07, 6.45) is -1.35. The van der Waals surface area contributed by atoms with Crippen LogP contribution in [0.4, 0.5) is 4.79 Å². The van der Waals surface area contributed by atoms with E-state index in [9.17, 15) is 4.79 Å². The van der Waals surface area contributed by atoms with Gasteiger partial charge in [0.2, 0.25) is 0 Å². The molecule has 2 atom stereocenters. The van der Waals surface area contributed by atoms with Crippen LogP contribution in [0.15, 0.2) is 30.3 Å². The van der Waals surface area contributed by atoms with Crippen LogP contribution in [0, 0.1) is 0 Å². The molecule has 0 amide bonds. The molecular weight excluding hydrogens is 204 g/mol. The minimum Gasteiger partial charge on any atom is -0.450 e. The van der Waals surface area contributed by atoms with Gasteiger partial charge in [-0.05, 0) is 5.56 Å². The van der Waals surface area contributed by atoms with Crippen LogP contribution < -0.4 is 0 Å². The maximum atomic E-state index is 10.2. The van der Waals surface area contributed by atoms with Crippen LogP contribution in [-0.4, -0.2) is 16.8 Å². The van der Waals surface area contributed by atoms with Crippen molar-refractivity contribution in [3.63, 3.8) is 0 Å². The zero-order valence-corrected chi connectivity index (χ0v) is 8.44. The topological polar surface area (TPSA) is 46.5 Å². The molecule has 0 aliphatic carbocycles. The summed E-state index contributed by atoms with van der Waals surface area (Å²) in [4.78, 5) is 10.2. The van der Waals surface area contributed by atoms with Gasteiger partial charge in [0.25, 0.3) is 0 Å². The highest BCUT2D eigenvalue weighted by Gasteiger charge is 2.19. The summed E-state index contributed by atoms with van der Waals surface area (Å²) in [7, 11) is 0. The number of ether oxygens (including phenoxy) is 1. The van der Waals surface area contributed by atoms with Crippen molar-refractivity contribution in [3.8, 4) is 0 Å². The first-order chi connectivity index (χ1) is 6.61. The molecular formula is C10H11ClO3. The Hall–Kier alpha value is -1.22. The van der Waals surface area contributed by atoms with Crippen LogP contribution in [-0.2, 0) is 4.74 Å². The third-order valence-electron chi connectivity index (χ3n) is 1.93. The third kappa shape index (κ3) is 2.92. The lowest BCUT2D eigenvalue weighted by Crippen LogP contribution is -2.17. The number of carboxylic acid groups (broad SMARTS) is 1. The van der Waals surface area contributed by atoms with Gasteiger partial charge in [0.05, 0.1) is 0 Å². The predicted molar refractivity (Wildman–Crippen MR) is 53.6 cm³/mol. The normalized spacial score (nSPS) is 14.4. The van der Waals surface area contributed by atoms with E-state index in [0.717, 1.165) is 5.56 Å². The van der Waals surface area contributed by atoms with E-state index in [1.807, 2.05) is 37.3 Å². The van der Waals surface area contributed by atoms with Crippen molar-refractivity contribution in [1.29, 1.82) is 0 Å². The summed E-state index contributed by atoms with van der Waals surface area (Å²) in [5.74, 6) is -0.158. The highest BCUT2D eigenvalue weighted by atomic mass is 35.5. The quantitative estimate of drug-likeness (QED) is 0.621. The summed E-state index contributed by atoms with van der Waals surface area (Å²) in [5.41, 5.74) is 0.101. The summed E-state index contributed by atoms with van der Waals surface area (Å²) < 4.78 is 4.45. The first-order valence-corrected chi connectivity index (χ1v) is 4.63. The molecule has 0 heterocycles. The molecule has 0 spiro atoms. The van der Waals surface area contributed by atoms with E-state index in [-0.39, 0.29) is 5.92 Å². The molecule has 2 unspecified atom stereocenters. The Kier molecular flexibility index (Phi) is 3.77. The van der Waals surface area contributed by atoms with Crippen LogP contribution in [0.5, 0.6) is 0 Å². The number of hydrogen-bond acceptors (Lipinski definition) is 2. The number of halogens is 1. The fourth-order valence-corrected chi connectivity index (χ4v) is 1.33. The Morgan fingerprint density at radius 1 is 1.43 bits per heavy atom. The van der Waals surface area contributed by atoms with E-state index >= 15 is 0 Å². The number of hydrogen-bond donors (Lipinski definition) is 1. The van der Waals surface area contributed by atoms with Gasteiger partial charge in [-0.25, -0.2) is 4.79 Å². The van der Waals surface area contributed by atoms with Gasteiger partial charge >= 0.3 is 6.16 Å². The lowest BCUT2D eigenvalue weighted by Gasteiger charge is -2.16. The monoisotopic (exact) mass is 214 g/mol. The van der Waals surface area contributed by atoms with Crippen molar-refractivity contribution >= 4 is 17.8 Å². The van der Waals surface area contributed by atoms with E-state index in [0.29, 0.717) is 0 Å². The molecule has 0 bridgehead atoms. The molecule has 1 aromatic carbocycles. The smallest absolute Gasteiger partial charge is 0.450 e. The minimum atomic E-state index is -1.35. The van der Waals surface area contributed by atoms with Gasteiger partial charge in [0, 0.05) is 5.92 Å². The van der Waals surface area contributed by atoms with Gasteiger partial charge in [-0.3, -0.25) is 0 Å². The minimum absolute atomic E-state index is 0.158. The summed E-state index contributed by atoms with van der Waals surface area (Å²) in [5, 5.41) is 8.37. The molecule has 0 aliphatic rings. The number of benzene rings is 1. The van der Waals surface area contributed by atoms with E-state index in [1.165, 1.54) is 0 Å². The van der Waals surface area contributed by atoms with Crippen molar-refractivity contribution in [2.24, 2.45) is 0 Å². The highest BCUT2D eigenvalue weighted by molar-refractivity contribution is 6.20. The van der Waals surface area contributed by atoms with E-state index in [4.69, 9.17) is 16.7 Å². The molecule has 0 saturated heterocycles. The maximum Gasteiger partial charge on any atom is 0.507 e. The first-order valence-electron chi connectivity index (χ1n) is 4.20. The van der Waals surface area contributed by atoms with Gasteiger partial charge in [0.15, 0.2) is 5.56 Å². The van der Waals surface area contributed by atoms with E-state index in [2.05, 4.69) is 4.74 Å². The van der Waals surface area contributed by atoms with Gasteiger partial charge in [0.1, 0.15) is 0 Å². The Morgan fingerprint density at radius 3 is 2.50 bits per heavy atom. The average Bonchev–Trinajstić information content (AvgIpc) is 2.17. The zero-order valence-electron chi connectivity index (χ0n) is 7.68. The largest absolute Gasteiger partial charge is 0.507 e. The molecule has 0 aliphatic heterocycles. The number of carbonyl (C=O) groups is 1. The fraction of sp³-hybridized carbons (Fsp3) is 0.300. The molecule has 76 valence electrons. The maximum absolute atomic E-state index is 10.2. The van der Waals surface area contributed by atoms with Gasteiger partial charge in [-0.2, -0.15) is 0 Å². The fourth-order valence-electron chi connectivity index (χ4n) is 1.11. The van der Waals surface area contributed by atoms with Gasteiger partial charge < -0.3 is 9.84 Å². The molecule has 0 saturated carbocycles. The second-order valence-electron chi connectivity index (χ2n) is 2.93. The molecule has 1 aromatic rings. The van der Waals surface area contributed by atoms with Crippen molar-refractivity contribution in [3.05, 3.63) is 35.9 Å². The molecule has 3 nitrogen and oxygen atoms in total. The molecule has 1 rings (SSSR count). The van der Waals surface area contributed by atoms with Crippen LogP contribution in [0.25, 0.3) is 0 Å². The Labute approximate surface area is 87.3 Å². The summed E-state index contributed by atoms with van der Waals surface area (Å²) in [6, 6.07) is 9.39. The molecule has 1 N–H and O–H groups in total. The van der Waals surface area contributed by atoms with Gasteiger partial charge in [-0.15, -0.1) is 0 Å². The lowest BCUT2D eigenvalue weighted by atomic mass is 10.0. The molecule has 0 radical (unpaired) electrons. The zero-order chi connectivity index (χ0) is 10.6. The Bertz CT molecular complexity index is 299. The standard InChI is InChI=1S/C10H11ClO3/c1-7(9(11)14-10(12)13)8-5-3-2-4-6-8/h2-7,9H,1H3,(H,12,13). The number of rotatable bonds is 3. The second kappa shape index (κ2) is 4.86. The van der Waals surface area contributed by atoms with Crippen LogP contribution in [0.3, 0.4) is 0 Å². The molecule has 4 heteroatoms. The van der Waals surface area contributed by atoms with Crippen molar-refractivity contribution in [2.75, 3.05) is 0 Å². The van der Waals surface area contributed by atoms with E-state index in [1.54, 1.807) is 0 Å². The van der Waals surface area contributed by atoms with Crippen molar-refractivity contribution in [1.82, 2.24) is 0 Å². The SMILES string of the molecule is CC(c1ccccc1)C(Cl)OC(=O)O. The molecule has 0 fully saturated rings. The van der Waals surface area contributed by atoms with Crippen molar-refractivity contribution < 1.29 is 14.6 Å². The molecule has 14 heavy (non-hydrogen) atoms. The van der Waals surface area contributed by atoms with Crippen LogP contribution in [0.2, 0.25) is 0 Å². The van der Waals surface area contributed by atoms with Crippen LogP contribution >= 0.6 is 11.6 Å². The average molecular weight is 215 g/mol. The Morgan fingerprint density at radius 2 is 2.00 bits per heavy atom. The summed E-state index contributed by atoms with van der Waals surface area (Å²) >= 11 is 5.76. The molecule has 0 aromatic heterocycles. The Balaban J connectivity index is 2.65. The van der Waals surface area contributed by atoms with Crippen LogP contribution in [0.1, 0.15) is 18.4 Å². The first kappa shape index (κ1) is 10.9. The summed E-state index contributed by atoms with van der Waals surface area (Å²) in [6.45, 7) is 1.82. The van der Waals surface area contributed by atoms with Crippen molar-refractivity contribution in [2.45, 2.75) is 18.4 Å².